The maximum atomic E-state index is 13.2. The van der Waals surface area contributed by atoms with Crippen molar-refractivity contribution >= 4 is 11.6 Å². The summed E-state index contributed by atoms with van der Waals surface area (Å²) in [6, 6.07) is 3.56. The van der Waals surface area contributed by atoms with Crippen molar-refractivity contribution in [2.24, 2.45) is 5.73 Å². The summed E-state index contributed by atoms with van der Waals surface area (Å²) in [4.78, 5) is 11.4. The summed E-state index contributed by atoms with van der Waals surface area (Å²) >= 11 is 0. The number of hydrogen-bond acceptors (Lipinski definition) is 2. The van der Waals surface area contributed by atoms with E-state index in [4.69, 9.17) is 5.73 Å². The second-order valence-corrected chi connectivity index (χ2v) is 4.12. The maximum Gasteiger partial charge on any atom is 0.415 e. The SMILES string of the molecule is Cc1ccc(NC(=O)C(C)(N)C(F)(F)F)cc1F. The summed E-state index contributed by atoms with van der Waals surface area (Å²) in [5.41, 5.74) is 2.13. The van der Waals surface area contributed by atoms with Crippen LogP contribution >= 0.6 is 0 Å². The van der Waals surface area contributed by atoms with E-state index in [9.17, 15) is 22.4 Å². The molecule has 0 aliphatic heterocycles. The lowest BCUT2D eigenvalue weighted by molar-refractivity contribution is -0.184. The molecule has 0 saturated carbocycles. The Morgan fingerprint density at radius 1 is 1.33 bits per heavy atom. The predicted molar refractivity (Wildman–Crippen MR) is 58.4 cm³/mol. The highest BCUT2D eigenvalue weighted by molar-refractivity contribution is 5.98. The molecule has 0 heterocycles. The molecule has 0 aliphatic carbocycles. The Morgan fingerprint density at radius 3 is 2.33 bits per heavy atom. The average Bonchev–Trinajstić information content (AvgIpc) is 2.21. The number of benzene rings is 1. The molecular formula is C11H12F4N2O. The van der Waals surface area contributed by atoms with Crippen molar-refractivity contribution in [1.29, 1.82) is 0 Å². The number of hydrogen-bond donors (Lipinski definition) is 2. The Labute approximate surface area is 101 Å². The lowest BCUT2D eigenvalue weighted by Gasteiger charge is -2.26. The van der Waals surface area contributed by atoms with Crippen LogP contribution in [0.1, 0.15) is 12.5 Å². The Balaban J connectivity index is 2.91. The minimum atomic E-state index is -4.89. The van der Waals surface area contributed by atoms with Crippen LogP contribution in [0.25, 0.3) is 0 Å². The van der Waals surface area contributed by atoms with E-state index >= 15 is 0 Å². The van der Waals surface area contributed by atoms with Gasteiger partial charge >= 0.3 is 6.18 Å². The Kier molecular flexibility index (Phi) is 3.66. The largest absolute Gasteiger partial charge is 0.415 e. The highest BCUT2D eigenvalue weighted by atomic mass is 19.4. The zero-order valence-electron chi connectivity index (χ0n) is 9.73. The normalized spacial score (nSPS) is 15.1. The van der Waals surface area contributed by atoms with Crippen molar-refractivity contribution in [3.63, 3.8) is 0 Å². The molecule has 0 spiro atoms. The van der Waals surface area contributed by atoms with Crippen LogP contribution in [0.15, 0.2) is 18.2 Å². The molecular weight excluding hydrogens is 252 g/mol. The van der Waals surface area contributed by atoms with E-state index < -0.39 is 23.4 Å². The highest BCUT2D eigenvalue weighted by Gasteiger charge is 2.53. The fraction of sp³-hybridized carbons (Fsp3) is 0.364. The Morgan fingerprint density at radius 2 is 1.89 bits per heavy atom. The zero-order valence-corrected chi connectivity index (χ0v) is 9.73. The lowest BCUT2D eigenvalue weighted by atomic mass is 10.0. The molecule has 1 aromatic carbocycles. The van der Waals surface area contributed by atoms with E-state index in [1.165, 1.54) is 19.1 Å². The number of anilines is 1. The number of alkyl halides is 3. The van der Waals surface area contributed by atoms with Gasteiger partial charge in [-0.2, -0.15) is 13.2 Å². The van der Waals surface area contributed by atoms with Crippen molar-refractivity contribution < 1.29 is 22.4 Å². The molecule has 0 bridgehead atoms. The van der Waals surface area contributed by atoms with Crippen molar-refractivity contribution in [3.8, 4) is 0 Å². The van der Waals surface area contributed by atoms with Gasteiger partial charge in [0.2, 0.25) is 0 Å². The maximum absolute atomic E-state index is 13.2. The van der Waals surface area contributed by atoms with Crippen LogP contribution in [0.5, 0.6) is 0 Å². The second-order valence-electron chi connectivity index (χ2n) is 4.12. The predicted octanol–water partition coefficient (Wildman–Crippen LogP) is 2.35. The molecule has 0 fully saturated rings. The summed E-state index contributed by atoms with van der Waals surface area (Å²) in [6.07, 6.45) is -4.89. The van der Waals surface area contributed by atoms with Gasteiger partial charge in [-0.05, 0) is 31.5 Å². The quantitative estimate of drug-likeness (QED) is 0.806. The molecule has 7 heteroatoms. The topological polar surface area (TPSA) is 55.1 Å². The first-order valence-corrected chi connectivity index (χ1v) is 4.99. The third-order valence-electron chi connectivity index (χ3n) is 2.49. The smallest absolute Gasteiger partial charge is 0.324 e. The van der Waals surface area contributed by atoms with E-state index in [-0.39, 0.29) is 5.69 Å². The zero-order chi connectivity index (χ0) is 14.1. The molecule has 1 rings (SSSR count). The molecule has 3 nitrogen and oxygen atoms in total. The van der Waals surface area contributed by atoms with Gasteiger partial charge < -0.3 is 11.1 Å². The third-order valence-corrected chi connectivity index (χ3v) is 2.49. The van der Waals surface area contributed by atoms with Gasteiger partial charge in [0.05, 0.1) is 0 Å². The first kappa shape index (κ1) is 14.4. The fourth-order valence-corrected chi connectivity index (χ4v) is 1.06. The summed E-state index contributed by atoms with van der Waals surface area (Å²) in [6.45, 7) is 2.04. The first-order chi connectivity index (χ1) is 8.05. The molecule has 3 N–H and O–H groups in total. The third kappa shape index (κ3) is 2.79. The minimum Gasteiger partial charge on any atom is -0.324 e. The summed E-state index contributed by atoms with van der Waals surface area (Å²) in [5, 5.41) is 1.93. The van der Waals surface area contributed by atoms with E-state index in [1.54, 1.807) is 0 Å². The first-order valence-electron chi connectivity index (χ1n) is 4.99. The van der Waals surface area contributed by atoms with Crippen LogP contribution in [0.2, 0.25) is 0 Å². The summed E-state index contributed by atoms with van der Waals surface area (Å²) in [7, 11) is 0. The minimum absolute atomic E-state index is 0.0796. The van der Waals surface area contributed by atoms with E-state index in [1.807, 2.05) is 5.32 Å². The lowest BCUT2D eigenvalue weighted by Crippen LogP contribution is -2.59. The van der Waals surface area contributed by atoms with Crippen LogP contribution in [0.3, 0.4) is 0 Å². The molecule has 0 aliphatic rings. The van der Waals surface area contributed by atoms with Crippen LogP contribution < -0.4 is 11.1 Å². The van der Waals surface area contributed by atoms with Gasteiger partial charge in [-0.25, -0.2) is 4.39 Å². The number of rotatable bonds is 2. The van der Waals surface area contributed by atoms with Crippen LogP contribution in [-0.2, 0) is 4.79 Å². The van der Waals surface area contributed by atoms with Crippen molar-refractivity contribution in [3.05, 3.63) is 29.6 Å². The van der Waals surface area contributed by atoms with Gasteiger partial charge in [-0.1, -0.05) is 6.07 Å². The second kappa shape index (κ2) is 4.56. The molecule has 1 atom stereocenters. The monoisotopic (exact) mass is 264 g/mol. The average molecular weight is 264 g/mol. The van der Waals surface area contributed by atoms with E-state index in [0.29, 0.717) is 12.5 Å². The number of halogens is 4. The van der Waals surface area contributed by atoms with Gasteiger partial charge in [-0.15, -0.1) is 0 Å². The molecule has 0 saturated heterocycles. The summed E-state index contributed by atoms with van der Waals surface area (Å²) < 4.78 is 50.6. The molecule has 1 aromatic rings. The van der Waals surface area contributed by atoms with Crippen molar-refractivity contribution in [2.75, 3.05) is 5.32 Å². The van der Waals surface area contributed by atoms with Crippen LogP contribution in [-0.4, -0.2) is 17.6 Å². The fourth-order valence-electron chi connectivity index (χ4n) is 1.06. The van der Waals surface area contributed by atoms with Gasteiger partial charge in [0.25, 0.3) is 5.91 Å². The Hall–Kier alpha value is -1.63. The molecule has 100 valence electrons. The molecule has 0 radical (unpaired) electrons. The number of nitrogens with one attached hydrogen (secondary N) is 1. The molecule has 18 heavy (non-hydrogen) atoms. The summed E-state index contributed by atoms with van der Waals surface area (Å²) in [5.74, 6) is -2.07. The van der Waals surface area contributed by atoms with E-state index in [0.717, 1.165) is 6.07 Å². The number of nitrogens with two attached hydrogens (primary N) is 1. The van der Waals surface area contributed by atoms with Crippen molar-refractivity contribution in [1.82, 2.24) is 0 Å². The van der Waals surface area contributed by atoms with Gasteiger partial charge in [0, 0.05) is 5.69 Å². The van der Waals surface area contributed by atoms with Crippen LogP contribution in [0.4, 0.5) is 23.2 Å². The van der Waals surface area contributed by atoms with E-state index in [2.05, 4.69) is 0 Å². The van der Waals surface area contributed by atoms with Crippen LogP contribution in [0, 0.1) is 12.7 Å². The standard InChI is InChI=1S/C11H12F4N2O/c1-6-3-4-7(5-8(6)12)17-9(18)10(2,16)11(13,14)15/h3-5H,16H2,1-2H3,(H,17,18). The Bertz CT molecular complexity index is 469. The van der Waals surface area contributed by atoms with Gasteiger partial charge in [0.1, 0.15) is 5.82 Å². The van der Waals surface area contributed by atoms with Gasteiger partial charge in [-0.3, -0.25) is 4.79 Å². The highest BCUT2D eigenvalue weighted by Crippen LogP contribution is 2.29. The number of aryl methyl sites for hydroxylation is 1. The van der Waals surface area contributed by atoms with Gasteiger partial charge in [0.15, 0.2) is 5.54 Å². The number of carbonyl (C=O) groups is 1. The van der Waals surface area contributed by atoms with Crippen molar-refractivity contribution in [2.45, 2.75) is 25.6 Å². The number of amides is 1. The molecule has 1 unspecified atom stereocenters. The molecule has 1 amide bonds. The number of carbonyl (C=O) groups excluding carboxylic acids is 1. The molecule has 0 aromatic heterocycles.